The third kappa shape index (κ3) is 4.65. The van der Waals surface area contributed by atoms with Crippen molar-refractivity contribution in [2.45, 2.75) is 34.1 Å². The summed E-state index contributed by atoms with van der Waals surface area (Å²) in [6.45, 7) is 9.44. The van der Waals surface area contributed by atoms with Gasteiger partial charge in [-0.3, -0.25) is 9.69 Å². The Morgan fingerprint density at radius 3 is 2.54 bits per heavy atom. The summed E-state index contributed by atoms with van der Waals surface area (Å²) in [5.74, 6) is 0.852. The second kappa shape index (κ2) is 9.11. The minimum atomic E-state index is 0.00265. The molecule has 0 N–H and O–H groups in total. The molecule has 1 amide bonds. The van der Waals surface area contributed by atoms with E-state index in [1.54, 1.807) is 4.90 Å². The molecule has 0 aliphatic carbocycles. The fourth-order valence-corrected chi connectivity index (χ4v) is 3.90. The van der Waals surface area contributed by atoms with Gasteiger partial charge in [0.05, 0.1) is 17.2 Å². The average Bonchev–Trinajstić information content (AvgIpc) is 2.98. The van der Waals surface area contributed by atoms with E-state index in [0.717, 1.165) is 39.7 Å². The largest absolute Gasteiger partial charge is 0.494 e. The van der Waals surface area contributed by atoms with Crippen molar-refractivity contribution >= 4 is 34.6 Å². The number of carbonyl (C=O) groups excluding carboxylic acids is 1. The van der Waals surface area contributed by atoms with Crippen LogP contribution < -0.4 is 4.74 Å². The number of aliphatic imine (C=N–C) groups is 1. The molecule has 3 rings (SSSR count). The number of hydrogen-bond donors (Lipinski definition) is 0. The Balaban J connectivity index is 1.85. The lowest BCUT2D eigenvalue weighted by Gasteiger charge is -2.12. The zero-order valence-corrected chi connectivity index (χ0v) is 17.7. The second-order valence-electron chi connectivity index (χ2n) is 6.76. The fraction of sp³-hybridized carbons (Fsp3) is 0.304. The average molecular weight is 395 g/mol. The number of aryl methyl sites for hydroxylation is 2. The summed E-state index contributed by atoms with van der Waals surface area (Å²) in [7, 11) is 0. The maximum Gasteiger partial charge on any atom is 0.266 e. The summed E-state index contributed by atoms with van der Waals surface area (Å²) >= 11 is 1.43. The van der Waals surface area contributed by atoms with Crippen LogP contribution in [0.3, 0.4) is 0 Å². The molecule has 1 aliphatic rings. The monoisotopic (exact) mass is 394 g/mol. The first-order valence-electron chi connectivity index (χ1n) is 9.62. The van der Waals surface area contributed by atoms with Crippen molar-refractivity contribution < 1.29 is 9.53 Å². The molecule has 0 bridgehead atoms. The molecule has 2 aromatic carbocycles. The molecule has 4 nitrogen and oxygen atoms in total. The lowest BCUT2D eigenvalue weighted by atomic mass is 10.1. The number of likely N-dealkylation sites (N-methyl/N-ethyl adjacent to an activating group) is 1. The quantitative estimate of drug-likeness (QED) is 0.589. The molecule has 0 atom stereocenters. The molecule has 1 saturated heterocycles. The van der Waals surface area contributed by atoms with Crippen molar-refractivity contribution in [3.05, 3.63) is 64.1 Å². The van der Waals surface area contributed by atoms with Gasteiger partial charge in [-0.05, 0) is 79.9 Å². The van der Waals surface area contributed by atoms with Crippen molar-refractivity contribution in [2.75, 3.05) is 13.2 Å². The highest BCUT2D eigenvalue weighted by Gasteiger charge is 2.32. The third-order valence-electron chi connectivity index (χ3n) is 4.44. The predicted octanol–water partition coefficient (Wildman–Crippen LogP) is 5.72. The summed E-state index contributed by atoms with van der Waals surface area (Å²) in [6, 6.07) is 14.0. The summed E-state index contributed by atoms with van der Waals surface area (Å²) in [5, 5.41) is 0.732. The van der Waals surface area contributed by atoms with Gasteiger partial charge in [0.15, 0.2) is 5.17 Å². The lowest BCUT2D eigenvalue weighted by Crippen LogP contribution is -2.28. The Labute approximate surface area is 171 Å². The van der Waals surface area contributed by atoms with E-state index in [1.165, 1.54) is 11.8 Å². The number of carbonyl (C=O) groups is 1. The Bertz CT molecular complexity index is 917. The first kappa shape index (κ1) is 20.2. The van der Waals surface area contributed by atoms with Crippen LogP contribution >= 0.6 is 11.8 Å². The molecule has 2 aromatic rings. The molecule has 0 unspecified atom stereocenters. The molecule has 1 aliphatic heterocycles. The zero-order chi connectivity index (χ0) is 20.1. The van der Waals surface area contributed by atoms with E-state index < -0.39 is 0 Å². The molecular weight excluding hydrogens is 368 g/mol. The van der Waals surface area contributed by atoms with Crippen LogP contribution in [0.2, 0.25) is 0 Å². The molecule has 1 fully saturated rings. The maximum absolute atomic E-state index is 12.8. The molecule has 1 heterocycles. The molecule has 28 heavy (non-hydrogen) atoms. The summed E-state index contributed by atoms with van der Waals surface area (Å²) in [6.07, 6.45) is 2.90. The number of thioether (sulfide) groups is 1. The first-order valence-corrected chi connectivity index (χ1v) is 10.4. The Kier molecular flexibility index (Phi) is 6.57. The van der Waals surface area contributed by atoms with Crippen molar-refractivity contribution in [2.24, 2.45) is 4.99 Å². The first-order chi connectivity index (χ1) is 13.5. The highest BCUT2D eigenvalue weighted by Crippen LogP contribution is 2.35. The third-order valence-corrected chi connectivity index (χ3v) is 5.44. The van der Waals surface area contributed by atoms with Gasteiger partial charge >= 0.3 is 0 Å². The Morgan fingerprint density at radius 2 is 1.86 bits per heavy atom. The molecule has 0 saturated carbocycles. The van der Waals surface area contributed by atoms with Crippen LogP contribution in [0.1, 0.15) is 37.0 Å². The highest BCUT2D eigenvalue weighted by molar-refractivity contribution is 8.18. The normalized spacial score (nSPS) is 17.0. The van der Waals surface area contributed by atoms with E-state index in [0.29, 0.717) is 18.1 Å². The Morgan fingerprint density at radius 1 is 1.11 bits per heavy atom. The number of amides is 1. The van der Waals surface area contributed by atoms with E-state index in [1.807, 2.05) is 51.1 Å². The number of ether oxygens (including phenoxy) is 1. The van der Waals surface area contributed by atoms with Crippen LogP contribution in [0.5, 0.6) is 5.75 Å². The van der Waals surface area contributed by atoms with Crippen LogP contribution in [-0.4, -0.2) is 29.1 Å². The number of nitrogens with zero attached hydrogens (tertiary/aromatic N) is 2. The number of amidine groups is 1. The van der Waals surface area contributed by atoms with Crippen molar-refractivity contribution in [1.82, 2.24) is 4.90 Å². The highest BCUT2D eigenvalue weighted by atomic mass is 32.2. The van der Waals surface area contributed by atoms with Crippen LogP contribution in [0.25, 0.3) is 6.08 Å². The molecule has 0 radical (unpaired) electrons. The van der Waals surface area contributed by atoms with Gasteiger partial charge < -0.3 is 4.74 Å². The van der Waals surface area contributed by atoms with Crippen LogP contribution in [0.4, 0.5) is 5.69 Å². The minimum Gasteiger partial charge on any atom is -0.494 e. The van der Waals surface area contributed by atoms with E-state index in [2.05, 4.69) is 25.1 Å². The zero-order valence-electron chi connectivity index (χ0n) is 16.9. The standard InChI is InChI=1S/C23H26N2O2S/c1-5-13-27-19-11-9-18(10-12-19)15-21-22(26)25(6-2)23(28-21)24-20-14-16(3)7-8-17(20)4/h7-12,14-15H,5-6,13H2,1-4H3/b21-15+,24-23?. The lowest BCUT2D eigenvalue weighted by molar-refractivity contribution is -0.122. The van der Waals surface area contributed by atoms with Gasteiger partial charge in [-0.1, -0.05) is 31.2 Å². The molecular formula is C23H26N2O2S. The van der Waals surface area contributed by atoms with Gasteiger partial charge in [0.2, 0.25) is 0 Å². The van der Waals surface area contributed by atoms with E-state index in [4.69, 9.17) is 9.73 Å². The van der Waals surface area contributed by atoms with Gasteiger partial charge in [0.25, 0.3) is 5.91 Å². The maximum atomic E-state index is 12.8. The summed E-state index contributed by atoms with van der Waals surface area (Å²) in [4.78, 5) is 20.0. The topological polar surface area (TPSA) is 41.9 Å². The number of benzene rings is 2. The van der Waals surface area contributed by atoms with Crippen LogP contribution in [0.15, 0.2) is 52.4 Å². The molecule has 5 heteroatoms. The molecule has 0 aromatic heterocycles. The minimum absolute atomic E-state index is 0.00265. The van der Waals surface area contributed by atoms with Crippen molar-refractivity contribution in [3.63, 3.8) is 0 Å². The van der Waals surface area contributed by atoms with E-state index in [9.17, 15) is 4.79 Å². The fourth-order valence-electron chi connectivity index (χ4n) is 2.84. The van der Waals surface area contributed by atoms with Crippen LogP contribution in [-0.2, 0) is 4.79 Å². The van der Waals surface area contributed by atoms with E-state index >= 15 is 0 Å². The molecule has 146 valence electrons. The van der Waals surface area contributed by atoms with Crippen LogP contribution in [0, 0.1) is 13.8 Å². The predicted molar refractivity (Wildman–Crippen MR) is 118 cm³/mol. The van der Waals surface area contributed by atoms with Gasteiger partial charge in [-0.15, -0.1) is 0 Å². The second-order valence-corrected chi connectivity index (χ2v) is 7.77. The van der Waals surface area contributed by atoms with Gasteiger partial charge in [-0.25, -0.2) is 4.99 Å². The summed E-state index contributed by atoms with van der Waals surface area (Å²) in [5.41, 5.74) is 4.14. The smallest absolute Gasteiger partial charge is 0.266 e. The van der Waals surface area contributed by atoms with E-state index in [-0.39, 0.29) is 5.91 Å². The number of hydrogen-bond acceptors (Lipinski definition) is 4. The van der Waals surface area contributed by atoms with Gasteiger partial charge in [-0.2, -0.15) is 0 Å². The van der Waals surface area contributed by atoms with Gasteiger partial charge in [0, 0.05) is 6.54 Å². The van der Waals surface area contributed by atoms with Gasteiger partial charge in [0.1, 0.15) is 5.75 Å². The molecule has 0 spiro atoms. The summed E-state index contributed by atoms with van der Waals surface area (Å²) < 4.78 is 5.62. The SMILES string of the molecule is CCCOc1ccc(/C=C2/SC(=Nc3cc(C)ccc3C)N(CC)C2=O)cc1. The van der Waals surface area contributed by atoms with Crippen molar-refractivity contribution in [1.29, 1.82) is 0 Å². The van der Waals surface area contributed by atoms with Crippen molar-refractivity contribution in [3.8, 4) is 5.75 Å². The Hall–Kier alpha value is -2.53. The number of rotatable bonds is 6.